The summed E-state index contributed by atoms with van der Waals surface area (Å²) in [6.45, 7) is 4.94. The maximum atomic E-state index is 12.3. The van der Waals surface area contributed by atoms with Gasteiger partial charge in [0.15, 0.2) is 0 Å². The number of halogens is 1. The Morgan fingerprint density at radius 1 is 1.57 bits per heavy atom. The summed E-state index contributed by atoms with van der Waals surface area (Å²) in [7, 11) is 0. The Morgan fingerprint density at radius 2 is 2.26 bits per heavy atom. The van der Waals surface area contributed by atoms with E-state index >= 15 is 0 Å². The maximum Gasteiger partial charge on any atom is 0.271 e. The molecule has 3 atom stereocenters. The van der Waals surface area contributed by atoms with Crippen molar-refractivity contribution in [1.29, 1.82) is 0 Å². The summed E-state index contributed by atoms with van der Waals surface area (Å²) in [4.78, 5) is 24.4. The minimum absolute atomic E-state index is 0.118. The van der Waals surface area contributed by atoms with Crippen LogP contribution in [0.15, 0.2) is 18.2 Å². The number of anilines is 1. The summed E-state index contributed by atoms with van der Waals surface area (Å²) in [6.07, 6.45) is 0.388. The molecule has 1 aliphatic rings. The molecule has 1 aliphatic heterocycles. The summed E-state index contributed by atoms with van der Waals surface area (Å²) in [6, 6.07) is 3.48. The van der Waals surface area contributed by atoms with Crippen molar-refractivity contribution in [3.8, 4) is 0 Å². The summed E-state index contributed by atoms with van der Waals surface area (Å²) < 4.78 is 0. The molecule has 0 aromatic heterocycles. The topological polar surface area (TPSA) is 95.7 Å². The van der Waals surface area contributed by atoms with Crippen LogP contribution >= 0.6 is 11.6 Å². The van der Waals surface area contributed by atoms with E-state index in [1.165, 1.54) is 18.2 Å². The number of carbonyl (C=O) groups is 1. The molecule has 23 heavy (non-hydrogen) atoms. The van der Waals surface area contributed by atoms with Gasteiger partial charge >= 0.3 is 0 Å². The van der Waals surface area contributed by atoms with Gasteiger partial charge in [0.25, 0.3) is 5.69 Å². The van der Waals surface area contributed by atoms with E-state index in [9.17, 15) is 20.0 Å². The van der Waals surface area contributed by atoms with Gasteiger partial charge in [-0.1, -0.05) is 18.5 Å². The zero-order valence-corrected chi connectivity index (χ0v) is 13.8. The number of nitro groups is 1. The van der Waals surface area contributed by atoms with Gasteiger partial charge in [0.05, 0.1) is 27.8 Å². The monoisotopic (exact) mass is 341 g/mol. The molecular formula is C15H20ClN3O4. The van der Waals surface area contributed by atoms with Gasteiger partial charge in [0, 0.05) is 18.7 Å². The number of non-ortho nitro benzene ring substituents is 1. The fourth-order valence-electron chi connectivity index (χ4n) is 2.55. The Hall–Kier alpha value is -1.70. The lowest BCUT2D eigenvalue weighted by molar-refractivity contribution is -0.384. The van der Waals surface area contributed by atoms with Crippen LogP contribution in [0.5, 0.6) is 0 Å². The molecule has 0 radical (unpaired) electrons. The number of nitrogens with one attached hydrogen (secondary N) is 1. The Morgan fingerprint density at radius 3 is 2.83 bits per heavy atom. The third kappa shape index (κ3) is 4.19. The highest BCUT2D eigenvalue weighted by Crippen LogP contribution is 2.27. The van der Waals surface area contributed by atoms with E-state index in [0.717, 1.165) is 13.0 Å². The molecule has 1 saturated heterocycles. The first kappa shape index (κ1) is 17.7. The highest BCUT2D eigenvalue weighted by atomic mass is 35.5. The standard InChI is InChI=1S/C15H20ClN3O4/c1-9-5-6-18(8-14(9)20)10(2)15(21)17-13-4-3-11(19(22)23)7-12(13)16/h3-4,7,9-10,14,20H,5-6,8H2,1-2H3,(H,17,21). The first-order valence-electron chi connectivity index (χ1n) is 7.46. The highest BCUT2D eigenvalue weighted by Gasteiger charge is 2.30. The van der Waals surface area contributed by atoms with Crippen LogP contribution in [-0.2, 0) is 4.79 Å². The summed E-state index contributed by atoms with van der Waals surface area (Å²) in [5.74, 6) is -0.0341. The van der Waals surface area contributed by atoms with Gasteiger partial charge in [-0.25, -0.2) is 0 Å². The minimum Gasteiger partial charge on any atom is -0.392 e. The lowest BCUT2D eigenvalue weighted by Gasteiger charge is -2.37. The average Bonchev–Trinajstić information content (AvgIpc) is 2.51. The lowest BCUT2D eigenvalue weighted by atomic mass is 9.95. The second kappa shape index (κ2) is 7.25. The molecule has 0 bridgehead atoms. The number of piperidine rings is 1. The van der Waals surface area contributed by atoms with Gasteiger partial charge in [-0.2, -0.15) is 0 Å². The largest absolute Gasteiger partial charge is 0.392 e. The second-order valence-corrected chi connectivity index (χ2v) is 6.32. The fraction of sp³-hybridized carbons (Fsp3) is 0.533. The van der Waals surface area contributed by atoms with Crippen molar-refractivity contribution in [2.45, 2.75) is 32.4 Å². The van der Waals surface area contributed by atoms with Crippen LogP contribution < -0.4 is 5.32 Å². The van der Waals surface area contributed by atoms with Gasteiger partial charge in [0.2, 0.25) is 5.91 Å². The first-order valence-corrected chi connectivity index (χ1v) is 7.84. The van der Waals surface area contributed by atoms with E-state index in [1.54, 1.807) is 6.92 Å². The van der Waals surface area contributed by atoms with Crippen LogP contribution in [-0.4, -0.2) is 46.1 Å². The van der Waals surface area contributed by atoms with Crippen molar-refractivity contribution in [3.05, 3.63) is 33.3 Å². The van der Waals surface area contributed by atoms with Crippen LogP contribution in [0.1, 0.15) is 20.3 Å². The number of benzene rings is 1. The molecule has 126 valence electrons. The number of hydrogen-bond donors (Lipinski definition) is 2. The Kier molecular flexibility index (Phi) is 5.56. The molecular weight excluding hydrogens is 322 g/mol. The number of rotatable bonds is 4. The van der Waals surface area contributed by atoms with Crippen molar-refractivity contribution in [3.63, 3.8) is 0 Å². The quantitative estimate of drug-likeness (QED) is 0.647. The van der Waals surface area contributed by atoms with Crippen LogP contribution in [0.3, 0.4) is 0 Å². The van der Waals surface area contributed by atoms with E-state index < -0.39 is 17.1 Å². The Labute approximate surface area is 139 Å². The van der Waals surface area contributed by atoms with Crippen molar-refractivity contribution >= 4 is 28.9 Å². The van der Waals surface area contributed by atoms with E-state index in [1.807, 2.05) is 11.8 Å². The molecule has 8 heteroatoms. The summed E-state index contributed by atoms with van der Waals surface area (Å²) in [5.41, 5.74) is 0.203. The highest BCUT2D eigenvalue weighted by molar-refractivity contribution is 6.34. The number of carbonyl (C=O) groups excluding carboxylic acids is 1. The molecule has 7 nitrogen and oxygen atoms in total. The average molecular weight is 342 g/mol. The SMILES string of the molecule is CC1CCN(C(C)C(=O)Nc2ccc([N+](=O)[O-])cc2Cl)CC1O. The van der Waals surface area contributed by atoms with Gasteiger partial charge in [-0.15, -0.1) is 0 Å². The first-order chi connectivity index (χ1) is 10.8. The molecule has 0 spiro atoms. The normalized spacial score (nSPS) is 23.3. The number of likely N-dealkylation sites (tertiary alicyclic amines) is 1. The predicted octanol–water partition coefficient (Wildman–Crippen LogP) is 2.28. The smallest absolute Gasteiger partial charge is 0.271 e. The molecule has 2 rings (SSSR count). The molecule has 1 aromatic carbocycles. The molecule has 0 saturated carbocycles. The molecule has 1 fully saturated rings. The number of amides is 1. The minimum atomic E-state index is -0.545. The fourth-order valence-corrected chi connectivity index (χ4v) is 2.77. The zero-order chi connectivity index (χ0) is 17.1. The van der Waals surface area contributed by atoms with E-state index in [2.05, 4.69) is 5.32 Å². The maximum absolute atomic E-state index is 12.3. The molecule has 1 amide bonds. The molecule has 2 N–H and O–H groups in total. The molecule has 1 heterocycles. The van der Waals surface area contributed by atoms with Gasteiger partial charge in [-0.05, 0) is 31.9 Å². The van der Waals surface area contributed by atoms with Crippen molar-refractivity contribution in [2.24, 2.45) is 5.92 Å². The number of aliphatic hydroxyl groups is 1. The summed E-state index contributed by atoms with van der Waals surface area (Å²) >= 11 is 5.98. The Balaban J connectivity index is 2.02. The van der Waals surface area contributed by atoms with E-state index in [-0.39, 0.29) is 22.5 Å². The van der Waals surface area contributed by atoms with Crippen molar-refractivity contribution in [1.82, 2.24) is 4.90 Å². The molecule has 3 unspecified atom stereocenters. The van der Waals surface area contributed by atoms with E-state index in [0.29, 0.717) is 12.2 Å². The van der Waals surface area contributed by atoms with Crippen molar-refractivity contribution in [2.75, 3.05) is 18.4 Å². The number of β-amino-alcohol motifs (C(OH)–C–C–N with tert-alkyl or cyclic N) is 1. The number of nitrogens with zero attached hydrogens (tertiary/aromatic N) is 2. The molecule has 0 aliphatic carbocycles. The number of hydrogen-bond acceptors (Lipinski definition) is 5. The number of aliphatic hydroxyl groups excluding tert-OH is 1. The van der Waals surface area contributed by atoms with Gasteiger partial charge in [-0.3, -0.25) is 19.8 Å². The summed E-state index contributed by atoms with van der Waals surface area (Å²) in [5, 5.41) is 23.4. The van der Waals surface area contributed by atoms with E-state index in [4.69, 9.17) is 11.6 Å². The zero-order valence-electron chi connectivity index (χ0n) is 13.0. The van der Waals surface area contributed by atoms with Gasteiger partial charge in [0.1, 0.15) is 0 Å². The van der Waals surface area contributed by atoms with Crippen LogP contribution in [0, 0.1) is 16.0 Å². The van der Waals surface area contributed by atoms with Crippen molar-refractivity contribution < 1.29 is 14.8 Å². The third-order valence-electron chi connectivity index (χ3n) is 4.30. The van der Waals surface area contributed by atoms with Gasteiger partial charge < -0.3 is 10.4 Å². The van der Waals surface area contributed by atoms with Crippen LogP contribution in [0.4, 0.5) is 11.4 Å². The van der Waals surface area contributed by atoms with Crippen LogP contribution in [0.25, 0.3) is 0 Å². The lowest BCUT2D eigenvalue weighted by Crippen LogP contribution is -2.50. The number of nitro benzene ring substituents is 1. The second-order valence-electron chi connectivity index (χ2n) is 5.91. The van der Waals surface area contributed by atoms with Crippen LogP contribution in [0.2, 0.25) is 5.02 Å². The molecule has 1 aromatic rings. The Bertz CT molecular complexity index is 610. The third-order valence-corrected chi connectivity index (χ3v) is 4.61. The predicted molar refractivity (Wildman–Crippen MR) is 87.6 cm³/mol.